The zero-order valence-electron chi connectivity index (χ0n) is 16.4. The molecular formula is C21H23Br2N3O3S. The van der Waals surface area contributed by atoms with E-state index in [1.54, 1.807) is 18.2 Å². The number of fused-ring (bicyclic) bond motifs is 1. The summed E-state index contributed by atoms with van der Waals surface area (Å²) in [4.78, 5) is 14.7. The predicted octanol–water partition coefficient (Wildman–Crippen LogP) is 3.65. The van der Waals surface area contributed by atoms with Crippen molar-refractivity contribution in [2.45, 2.75) is 24.2 Å². The third kappa shape index (κ3) is 4.80. The van der Waals surface area contributed by atoms with Crippen LogP contribution in [0.15, 0.2) is 50.2 Å². The highest BCUT2D eigenvalue weighted by Gasteiger charge is 2.30. The van der Waals surface area contributed by atoms with Crippen molar-refractivity contribution in [3.8, 4) is 0 Å². The summed E-state index contributed by atoms with van der Waals surface area (Å²) in [6.45, 7) is 2.00. The number of carbonyl (C=O) groups excluding carboxylic acids is 1. The molecule has 0 saturated carbocycles. The van der Waals surface area contributed by atoms with E-state index in [0.29, 0.717) is 35.1 Å². The molecule has 1 N–H and O–H groups in total. The highest BCUT2D eigenvalue weighted by molar-refractivity contribution is 9.11. The number of halogens is 2. The first-order chi connectivity index (χ1) is 14.3. The van der Waals surface area contributed by atoms with E-state index in [9.17, 15) is 13.2 Å². The lowest BCUT2D eigenvalue weighted by atomic mass is 10.1. The van der Waals surface area contributed by atoms with Gasteiger partial charge < -0.3 is 5.32 Å². The van der Waals surface area contributed by atoms with E-state index in [4.69, 9.17) is 0 Å². The van der Waals surface area contributed by atoms with E-state index < -0.39 is 10.0 Å². The normalized spacial score (nSPS) is 17.7. The molecule has 1 heterocycles. The van der Waals surface area contributed by atoms with E-state index in [1.807, 2.05) is 11.0 Å². The molecule has 1 fully saturated rings. The summed E-state index contributed by atoms with van der Waals surface area (Å²) < 4.78 is 28.7. The summed E-state index contributed by atoms with van der Waals surface area (Å²) in [5.41, 5.74) is 3.54. The fraction of sp³-hybridized carbons (Fsp3) is 0.381. The minimum Gasteiger partial charge on any atom is -0.325 e. The van der Waals surface area contributed by atoms with Gasteiger partial charge in [0.15, 0.2) is 0 Å². The third-order valence-electron chi connectivity index (χ3n) is 5.59. The number of anilines is 1. The summed E-state index contributed by atoms with van der Waals surface area (Å²) in [6, 6.07) is 11.2. The number of sulfonamides is 1. The molecule has 9 heteroatoms. The number of hydrogen-bond donors (Lipinski definition) is 1. The summed E-state index contributed by atoms with van der Waals surface area (Å²) in [5, 5.41) is 2.98. The zero-order valence-corrected chi connectivity index (χ0v) is 20.4. The minimum atomic E-state index is -3.59. The van der Waals surface area contributed by atoms with Gasteiger partial charge in [0.05, 0.1) is 11.4 Å². The van der Waals surface area contributed by atoms with Crippen molar-refractivity contribution in [2.75, 3.05) is 38.0 Å². The molecule has 2 aromatic rings. The molecule has 0 aromatic heterocycles. The summed E-state index contributed by atoms with van der Waals surface area (Å²) in [5.74, 6) is -0.0704. The van der Waals surface area contributed by atoms with Crippen LogP contribution in [0.5, 0.6) is 0 Å². The van der Waals surface area contributed by atoms with Crippen molar-refractivity contribution < 1.29 is 13.2 Å². The lowest BCUT2D eigenvalue weighted by Crippen LogP contribution is -2.50. The number of hydrogen-bond acceptors (Lipinski definition) is 4. The molecule has 0 spiro atoms. The molecule has 4 rings (SSSR count). The standard InChI is InChI=1S/C21H23Br2N3O3S/c22-17-5-7-19(23)20(13-17)30(28,29)26-10-8-25(9-11-26)14-21(27)24-18-6-4-15-2-1-3-16(15)12-18/h4-7,12-13H,1-3,8-11,14H2,(H,24,27). The lowest BCUT2D eigenvalue weighted by Gasteiger charge is -2.33. The molecule has 1 aliphatic heterocycles. The van der Waals surface area contributed by atoms with E-state index in [0.717, 1.165) is 18.5 Å². The first-order valence-electron chi connectivity index (χ1n) is 9.92. The van der Waals surface area contributed by atoms with Gasteiger partial charge in [-0.1, -0.05) is 22.0 Å². The summed E-state index contributed by atoms with van der Waals surface area (Å²) >= 11 is 6.67. The molecule has 6 nitrogen and oxygen atoms in total. The van der Waals surface area contributed by atoms with Gasteiger partial charge in [-0.15, -0.1) is 0 Å². The van der Waals surface area contributed by atoms with Gasteiger partial charge in [0.25, 0.3) is 0 Å². The molecule has 2 aliphatic rings. The van der Waals surface area contributed by atoms with Crippen LogP contribution in [0.2, 0.25) is 0 Å². The fourth-order valence-electron chi connectivity index (χ4n) is 4.00. The van der Waals surface area contributed by atoms with Crippen molar-refractivity contribution in [3.63, 3.8) is 0 Å². The van der Waals surface area contributed by atoms with Gasteiger partial charge in [0, 0.05) is 40.8 Å². The second-order valence-electron chi connectivity index (χ2n) is 7.64. The van der Waals surface area contributed by atoms with Gasteiger partial charge >= 0.3 is 0 Å². The number of amides is 1. The molecule has 1 saturated heterocycles. The van der Waals surface area contributed by atoms with Gasteiger partial charge in [0.1, 0.15) is 0 Å². The maximum Gasteiger partial charge on any atom is 0.244 e. The zero-order chi connectivity index (χ0) is 21.3. The minimum absolute atomic E-state index is 0.0704. The molecule has 30 heavy (non-hydrogen) atoms. The Kier molecular flexibility index (Phi) is 6.64. The van der Waals surface area contributed by atoms with Crippen molar-refractivity contribution in [1.82, 2.24) is 9.21 Å². The Hall–Kier alpha value is -1.26. The molecule has 0 radical (unpaired) electrons. The second-order valence-corrected chi connectivity index (χ2v) is 11.3. The van der Waals surface area contributed by atoms with Gasteiger partial charge in [0.2, 0.25) is 15.9 Å². The van der Waals surface area contributed by atoms with E-state index >= 15 is 0 Å². The third-order valence-corrected chi connectivity index (χ3v) is 8.98. The molecular weight excluding hydrogens is 534 g/mol. The Labute approximate surface area is 193 Å². The van der Waals surface area contributed by atoms with Crippen molar-refractivity contribution in [1.29, 1.82) is 0 Å². The number of piperazine rings is 1. The number of rotatable bonds is 5. The molecule has 160 valence electrons. The average Bonchev–Trinajstić information content (AvgIpc) is 3.18. The Morgan fingerprint density at radius 2 is 1.70 bits per heavy atom. The van der Waals surface area contributed by atoms with Gasteiger partial charge in [-0.2, -0.15) is 4.31 Å². The van der Waals surface area contributed by atoms with Crippen LogP contribution in [0.25, 0.3) is 0 Å². The van der Waals surface area contributed by atoms with Crippen LogP contribution in [0.1, 0.15) is 17.5 Å². The van der Waals surface area contributed by atoms with Crippen LogP contribution in [-0.4, -0.2) is 56.3 Å². The van der Waals surface area contributed by atoms with Crippen LogP contribution in [0.4, 0.5) is 5.69 Å². The quantitative estimate of drug-likeness (QED) is 0.610. The number of carbonyl (C=O) groups is 1. The fourth-order valence-corrected chi connectivity index (χ4v) is 6.88. The summed E-state index contributed by atoms with van der Waals surface area (Å²) in [6.07, 6.45) is 3.37. The maximum absolute atomic E-state index is 13.0. The molecule has 1 amide bonds. The van der Waals surface area contributed by atoms with E-state index in [-0.39, 0.29) is 17.3 Å². The predicted molar refractivity (Wildman–Crippen MR) is 124 cm³/mol. The lowest BCUT2D eigenvalue weighted by molar-refractivity contribution is -0.117. The Morgan fingerprint density at radius 1 is 0.967 bits per heavy atom. The molecule has 0 unspecified atom stereocenters. The van der Waals surface area contributed by atoms with Gasteiger partial charge in [-0.25, -0.2) is 8.42 Å². The Morgan fingerprint density at radius 3 is 2.47 bits per heavy atom. The van der Waals surface area contributed by atoms with Crippen molar-refractivity contribution >= 4 is 53.5 Å². The highest BCUT2D eigenvalue weighted by atomic mass is 79.9. The Bertz CT molecular complexity index is 1070. The SMILES string of the molecule is O=C(CN1CCN(S(=O)(=O)c2cc(Br)ccc2Br)CC1)Nc1ccc2c(c1)CCC2. The smallest absolute Gasteiger partial charge is 0.244 e. The van der Waals surface area contributed by atoms with Gasteiger partial charge in [-0.05, 0) is 76.7 Å². The first kappa shape index (κ1) is 22.0. The average molecular weight is 557 g/mol. The van der Waals surface area contributed by atoms with Crippen molar-refractivity contribution in [3.05, 3.63) is 56.5 Å². The number of nitrogens with zero attached hydrogens (tertiary/aromatic N) is 2. The van der Waals surface area contributed by atoms with Crippen molar-refractivity contribution in [2.24, 2.45) is 0 Å². The highest BCUT2D eigenvalue weighted by Crippen LogP contribution is 2.29. The first-order valence-corrected chi connectivity index (χ1v) is 12.9. The second kappa shape index (κ2) is 9.08. The number of aryl methyl sites for hydroxylation is 2. The van der Waals surface area contributed by atoms with Crippen LogP contribution in [0.3, 0.4) is 0 Å². The molecule has 1 aliphatic carbocycles. The van der Waals surface area contributed by atoms with Crippen LogP contribution >= 0.6 is 31.9 Å². The largest absolute Gasteiger partial charge is 0.325 e. The Balaban J connectivity index is 1.33. The van der Waals surface area contributed by atoms with Gasteiger partial charge in [-0.3, -0.25) is 9.69 Å². The molecule has 0 atom stereocenters. The summed E-state index contributed by atoms with van der Waals surface area (Å²) in [7, 11) is -3.59. The number of benzene rings is 2. The van der Waals surface area contributed by atoms with E-state index in [2.05, 4.69) is 49.3 Å². The maximum atomic E-state index is 13.0. The molecule has 2 aromatic carbocycles. The van der Waals surface area contributed by atoms with E-state index in [1.165, 1.54) is 21.9 Å². The monoisotopic (exact) mass is 555 g/mol. The van der Waals surface area contributed by atoms with Crippen LogP contribution in [-0.2, 0) is 27.7 Å². The number of nitrogens with one attached hydrogen (secondary N) is 1. The molecule has 0 bridgehead atoms. The topological polar surface area (TPSA) is 69.7 Å². The van der Waals surface area contributed by atoms with Crippen LogP contribution < -0.4 is 5.32 Å². The van der Waals surface area contributed by atoms with Crippen LogP contribution in [0, 0.1) is 0 Å².